The first-order valence-corrected chi connectivity index (χ1v) is 6.05. The molecule has 0 aliphatic carbocycles. The second-order valence-electron chi connectivity index (χ2n) is 4.39. The molecule has 0 radical (unpaired) electrons. The van der Waals surface area contributed by atoms with Crippen molar-refractivity contribution >= 4 is 6.29 Å². The molecule has 0 saturated heterocycles. The van der Waals surface area contributed by atoms with Crippen molar-refractivity contribution in [3.63, 3.8) is 0 Å². The molecule has 19 heavy (non-hydrogen) atoms. The van der Waals surface area contributed by atoms with E-state index in [4.69, 9.17) is 4.74 Å². The zero-order chi connectivity index (χ0) is 13.8. The van der Waals surface area contributed by atoms with Crippen LogP contribution >= 0.6 is 0 Å². The van der Waals surface area contributed by atoms with Gasteiger partial charge in [-0.15, -0.1) is 0 Å². The fourth-order valence-electron chi connectivity index (χ4n) is 1.94. The highest BCUT2D eigenvalue weighted by Crippen LogP contribution is 2.32. The van der Waals surface area contributed by atoms with E-state index in [1.165, 1.54) is 12.1 Å². The predicted octanol–water partition coefficient (Wildman–Crippen LogP) is 3.80. The maximum absolute atomic E-state index is 12.9. The van der Waals surface area contributed by atoms with Gasteiger partial charge in [-0.2, -0.15) is 0 Å². The van der Waals surface area contributed by atoms with Crippen LogP contribution in [-0.4, -0.2) is 13.4 Å². The number of hydrogen-bond acceptors (Lipinski definition) is 2. The van der Waals surface area contributed by atoms with Crippen molar-refractivity contribution in [1.29, 1.82) is 0 Å². The Morgan fingerprint density at radius 2 is 1.84 bits per heavy atom. The Kier molecular flexibility index (Phi) is 3.95. The van der Waals surface area contributed by atoms with E-state index in [9.17, 15) is 9.18 Å². The van der Waals surface area contributed by atoms with E-state index < -0.39 is 0 Å². The molecule has 0 fully saturated rings. The number of halogens is 1. The average Bonchev–Trinajstić information content (AvgIpc) is 2.46. The zero-order valence-corrected chi connectivity index (χ0v) is 10.9. The summed E-state index contributed by atoms with van der Waals surface area (Å²) in [6.45, 7) is 1.83. The average molecular weight is 258 g/mol. The monoisotopic (exact) mass is 258 g/mol. The molecule has 2 rings (SSSR count). The summed E-state index contributed by atoms with van der Waals surface area (Å²) >= 11 is 0. The van der Waals surface area contributed by atoms with Gasteiger partial charge in [-0.1, -0.05) is 31.2 Å². The lowest BCUT2D eigenvalue weighted by atomic mass is 9.97. The van der Waals surface area contributed by atoms with E-state index in [-0.39, 0.29) is 11.7 Å². The molecule has 0 N–H and O–H groups in total. The van der Waals surface area contributed by atoms with Gasteiger partial charge in [0, 0.05) is 11.5 Å². The molecule has 0 amide bonds. The Hall–Kier alpha value is -2.16. The molecule has 1 unspecified atom stereocenters. The molecule has 0 heterocycles. The fourth-order valence-corrected chi connectivity index (χ4v) is 1.94. The minimum Gasteiger partial charge on any atom is -0.496 e. The molecule has 1 atom stereocenters. The van der Waals surface area contributed by atoms with Crippen LogP contribution in [-0.2, 0) is 4.79 Å². The smallest absolute Gasteiger partial charge is 0.127 e. The van der Waals surface area contributed by atoms with Crippen LogP contribution in [0.3, 0.4) is 0 Å². The van der Waals surface area contributed by atoms with Gasteiger partial charge >= 0.3 is 0 Å². The van der Waals surface area contributed by atoms with Crippen LogP contribution < -0.4 is 4.74 Å². The summed E-state index contributed by atoms with van der Waals surface area (Å²) < 4.78 is 18.3. The summed E-state index contributed by atoms with van der Waals surface area (Å²) in [4.78, 5) is 10.8. The summed E-state index contributed by atoms with van der Waals surface area (Å²) in [5.74, 6) is 0.239. The van der Waals surface area contributed by atoms with Crippen molar-refractivity contribution in [2.24, 2.45) is 0 Å². The van der Waals surface area contributed by atoms with E-state index in [2.05, 4.69) is 0 Å². The molecule has 0 saturated carbocycles. The van der Waals surface area contributed by atoms with Gasteiger partial charge in [0.15, 0.2) is 0 Å². The topological polar surface area (TPSA) is 26.3 Å². The molecule has 0 aliphatic rings. The van der Waals surface area contributed by atoms with E-state index >= 15 is 0 Å². The van der Waals surface area contributed by atoms with Gasteiger partial charge in [0.05, 0.1) is 7.11 Å². The summed E-state index contributed by atoms with van der Waals surface area (Å²) in [5.41, 5.74) is 2.66. The van der Waals surface area contributed by atoms with Gasteiger partial charge in [-0.3, -0.25) is 0 Å². The number of benzene rings is 2. The van der Waals surface area contributed by atoms with Crippen molar-refractivity contribution in [2.75, 3.05) is 7.11 Å². The van der Waals surface area contributed by atoms with Crippen molar-refractivity contribution < 1.29 is 13.9 Å². The molecule has 2 aromatic rings. The van der Waals surface area contributed by atoms with Gasteiger partial charge in [-0.25, -0.2) is 4.39 Å². The number of hydrogen-bond donors (Lipinski definition) is 0. The first kappa shape index (κ1) is 13.3. The SMILES string of the molecule is COc1cc(C(C)C=O)ccc1-c1ccc(F)cc1. The quantitative estimate of drug-likeness (QED) is 0.780. The standard InChI is InChI=1S/C16H15FO2/c1-11(10-18)13-5-8-15(16(9-13)19-2)12-3-6-14(17)7-4-12/h3-11H,1-2H3. The lowest BCUT2D eigenvalue weighted by Crippen LogP contribution is -1.96. The maximum Gasteiger partial charge on any atom is 0.127 e. The van der Waals surface area contributed by atoms with Crippen LogP contribution in [0.15, 0.2) is 42.5 Å². The van der Waals surface area contributed by atoms with Gasteiger partial charge in [0.25, 0.3) is 0 Å². The lowest BCUT2D eigenvalue weighted by Gasteiger charge is -2.12. The zero-order valence-electron chi connectivity index (χ0n) is 10.9. The second-order valence-corrected chi connectivity index (χ2v) is 4.39. The molecule has 3 heteroatoms. The molecule has 0 bridgehead atoms. The van der Waals surface area contributed by atoms with Crippen molar-refractivity contribution in [3.8, 4) is 16.9 Å². The van der Waals surface area contributed by atoms with Crippen LogP contribution in [0.1, 0.15) is 18.4 Å². The highest BCUT2D eigenvalue weighted by atomic mass is 19.1. The predicted molar refractivity (Wildman–Crippen MR) is 72.9 cm³/mol. The van der Waals surface area contributed by atoms with Crippen molar-refractivity contribution in [2.45, 2.75) is 12.8 Å². The summed E-state index contributed by atoms with van der Waals surface area (Å²) in [5, 5.41) is 0. The molecule has 0 spiro atoms. The van der Waals surface area contributed by atoms with Crippen LogP contribution in [0, 0.1) is 5.82 Å². The number of carbonyl (C=O) groups excluding carboxylic acids is 1. The van der Waals surface area contributed by atoms with Gasteiger partial charge < -0.3 is 9.53 Å². The highest BCUT2D eigenvalue weighted by molar-refractivity contribution is 5.72. The van der Waals surface area contributed by atoms with Crippen LogP contribution in [0.25, 0.3) is 11.1 Å². The van der Waals surface area contributed by atoms with Crippen LogP contribution in [0.4, 0.5) is 4.39 Å². The number of carbonyl (C=O) groups is 1. The van der Waals surface area contributed by atoms with Gasteiger partial charge in [-0.05, 0) is 29.3 Å². The third kappa shape index (κ3) is 2.81. The minimum absolute atomic E-state index is 0.170. The third-order valence-corrected chi connectivity index (χ3v) is 3.11. The Balaban J connectivity index is 2.46. The first-order valence-electron chi connectivity index (χ1n) is 6.05. The second kappa shape index (κ2) is 5.65. The van der Waals surface area contributed by atoms with E-state index in [0.29, 0.717) is 5.75 Å². The van der Waals surface area contributed by atoms with E-state index in [1.54, 1.807) is 19.2 Å². The number of aldehydes is 1. The number of rotatable bonds is 4. The van der Waals surface area contributed by atoms with Crippen molar-refractivity contribution in [1.82, 2.24) is 0 Å². The van der Waals surface area contributed by atoms with E-state index in [0.717, 1.165) is 23.0 Å². The van der Waals surface area contributed by atoms with Gasteiger partial charge in [0.2, 0.25) is 0 Å². The van der Waals surface area contributed by atoms with Gasteiger partial charge in [0.1, 0.15) is 17.9 Å². The summed E-state index contributed by atoms with van der Waals surface area (Å²) in [6, 6.07) is 11.9. The van der Waals surface area contributed by atoms with Crippen LogP contribution in [0.5, 0.6) is 5.75 Å². The normalized spacial score (nSPS) is 11.9. The Labute approximate surface area is 111 Å². The Morgan fingerprint density at radius 3 is 2.42 bits per heavy atom. The highest BCUT2D eigenvalue weighted by Gasteiger charge is 2.10. The Morgan fingerprint density at radius 1 is 1.16 bits per heavy atom. The molecular formula is C16H15FO2. The summed E-state index contributed by atoms with van der Waals surface area (Å²) in [6.07, 6.45) is 0.895. The largest absolute Gasteiger partial charge is 0.496 e. The number of ether oxygens (including phenoxy) is 1. The van der Waals surface area contributed by atoms with Crippen molar-refractivity contribution in [3.05, 3.63) is 53.8 Å². The molecule has 2 nitrogen and oxygen atoms in total. The molecule has 98 valence electrons. The van der Waals surface area contributed by atoms with E-state index in [1.807, 2.05) is 25.1 Å². The van der Waals surface area contributed by atoms with Crippen LogP contribution in [0.2, 0.25) is 0 Å². The molecule has 2 aromatic carbocycles. The summed E-state index contributed by atoms with van der Waals surface area (Å²) in [7, 11) is 1.58. The molecular weight excluding hydrogens is 243 g/mol. The Bertz CT molecular complexity index is 576. The maximum atomic E-state index is 12.9. The first-order chi connectivity index (χ1) is 9.15. The lowest BCUT2D eigenvalue weighted by molar-refractivity contribution is -0.108. The fraction of sp³-hybridized carbons (Fsp3) is 0.188. The third-order valence-electron chi connectivity index (χ3n) is 3.11. The molecule has 0 aromatic heterocycles. The minimum atomic E-state index is -0.270. The molecule has 0 aliphatic heterocycles. The number of methoxy groups -OCH3 is 1.